The molecule has 3 heteroatoms. The molecule has 84 valence electrons. The lowest BCUT2D eigenvalue weighted by molar-refractivity contribution is 0.749. The van der Waals surface area contributed by atoms with E-state index in [1.807, 2.05) is 11.7 Å². The van der Waals surface area contributed by atoms with Crippen LogP contribution in [0, 0.1) is 13.8 Å². The zero-order valence-electron chi connectivity index (χ0n) is 9.99. The van der Waals surface area contributed by atoms with Crippen molar-refractivity contribution >= 4 is 0 Å². The maximum Gasteiger partial charge on any atom is 0.0795 e. The first-order valence-corrected chi connectivity index (χ1v) is 5.43. The minimum atomic E-state index is 0.492. The van der Waals surface area contributed by atoms with Crippen molar-refractivity contribution in [2.24, 2.45) is 12.8 Å². The van der Waals surface area contributed by atoms with Gasteiger partial charge < -0.3 is 5.73 Å². The third-order valence-corrected chi connectivity index (χ3v) is 2.90. The lowest BCUT2D eigenvalue weighted by atomic mass is 10.1. The summed E-state index contributed by atoms with van der Waals surface area (Å²) in [6.45, 7) is 4.65. The minimum absolute atomic E-state index is 0.492. The topological polar surface area (TPSA) is 43.8 Å². The summed E-state index contributed by atoms with van der Waals surface area (Å²) in [5, 5.41) is 4.42. The number of nitrogens with two attached hydrogens (primary N) is 1. The Kier molecular flexibility index (Phi) is 2.79. The smallest absolute Gasteiger partial charge is 0.0795 e. The van der Waals surface area contributed by atoms with Gasteiger partial charge in [0.15, 0.2) is 0 Å². The van der Waals surface area contributed by atoms with E-state index in [1.54, 1.807) is 0 Å². The molecule has 0 saturated carbocycles. The van der Waals surface area contributed by atoms with Gasteiger partial charge in [-0.3, -0.25) is 4.68 Å². The second-order valence-corrected chi connectivity index (χ2v) is 4.11. The van der Waals surface area contributed by atoms with Gasteiger partial charge in [-0.2, -0.15) is 5.10 Å². The molecular formula is C13H17N3. The molecule has 0 amide bonds. The van der Waals surface area contributed by atoms with Gasteiger partial charge in [0.1, 0.15) is 0 Å². The van der Waals surface area contributed by atoms with Crippen LogP contribution in [-0.2, 0) is 13.6 Å². The van der Waals surface area contributed by atoms with Crippen molar-refractivity contribution in [1.82, 2.24) is 9.78 Å². The molecule has 2 N–H and O–H groups in total. The molecule has 0 fully saturated rings. The number of aryl methyl sites for hydroxylation is 2. The molecule has 16 heavy (non-hydrogen) atoms. The fraction of sp³-hybridized carbons (Fsp3) is 0.308. The second kappa shape index (κ2) is 4.10. The van der Waals surface area contributed by atoms with E-state index in [1.165, 1.54) is 16.7 Å². The zero-order chi connectivity index (χ0) is 11.7. The van der Waals surface area contributed by atoms with Gasteiger partial charge in [-0.15, -0.1) is 0 Å². The lowest BCUT2D eigenvalue weighted by Crippen LogP contribution is -1.99. The molecule has 1 heterocycles. The van der Waals surface area contributed by atoms with Crippen LogP contribution in [0.25, 0.3) is 11.3 Å². The summed E-state index contributed by atoms with van der Waals surface area (Å²) in [6, 6.07) is 8.48. The Morgan fingerprint density at radius 1 is 1.19 bits per heavy atom. The summed E-state index contributed by atoms with van der Waals surface area (Å²) in [5.41, 5.74) is 11.4. The molecule has 1 aromatic heterocycles. The van der Waals surface area contributed by atoms with Crippen molar-refractivity contribution in [3.05, 3.63) is 41.1 Å². The highest BCUT2D eigenvalue weighted by Gasteiger charge is 2.12. The standard InChI is InChI=1S/C13H17N3/c1-9-4-6-11(7-5-9)13-10(2)12(8-14)15-16(13)3/h4-7H,8,14H2,1-3H3. The van der Waals surface area contributed by atoms with Crippen LogP contribution in [0.15, 0.2) is 24.3 Å². The summed E-state index contributed by atoms with van der Waals surface area (Å²) in [5.74, 6) is 0. The Bertz CT molecular complexity index is 495. The Labute approximate surface area is 95.9 Å². The Hall–Kier alpha value is -1.61. The van der Waals surface area contributed by atoms with E-state index < -0.39 is 0 Å². The van der Waals surface area contributed by atoms with Gasteiger partial charge in [-0.05, 0) is 19.4 Å². The molecule has 0 atom stereocenters. The van der Waals surface area contributed by atoms with Crippen LogP contribution in [-0.4, -0.2) is 9.78 Å². The summed E-state index contributed by atoms with van der Waals surface area (Å²) in [7, 11) is 1.96. The van der Waals surface area contributed by atoms with Crippen LogP contribution in [0.3, 0.4) is 0 Å². The molecule has 1 aromatic carbocycles. The maximum absolute atomic E-state index is 5.66. The molecule has 0 aliphatic rings. The molecule has 0 saturated heterocycles. The van der Waals surface area contributed by atoms with E-state index in [9.17, 15) is 0 Å². The van der Waals surface area contributed by atoms with Crippen molar-refractivity contribution in [2.75, 3.05) is 0 Å². The number of rotatable bonds is 2. The average Bonchev–Trinajstić information content (AvgIpc) is 2.56. The molecule has 0 aliphatic heterocycles. The predicted octanol–water partition coefficient (Wildman–Crippen LogP) is 2.16. The minimum Gasteiger partial charge on any atom is -0.325 e. The van der Waals surface area contributed by atoms with Gasteiger partial charge >= 0.3 is 0 Å². The first kappa shape index (κ1) is 10.9. The monoisotopic (exact) mass is 215 g/mol. The first-order valence-electron chi connectivity index (χ1n) is 5.43. The number of aromatic nitrogens is 2. The third-order valence-electron chi connectivity index (χ3n) is 2.90. The van der Waals surface area contributed by atoms with Gasteiger partial charge in [0.2, 0.25) is 0 Å². The fourth-order valence-electron chi connectivity index (χ4n) is 1.99. The fourth-order valence-corrected chi connectivity index (χ4v) is 1.99. The number of nitrogens with zero attached hydrogens (tertiary/aromatic N) is 2. The van der Waals surface area contributed by atoms with E-state index in [0.29, 0.717) is 6.54 Å². The first-order chi connectivity index (χ1) is 7.63. The van der Waals surface area contributed by atoms with Crippen molar-refractivity contribution < 1.29 is 0 Å². The van der Waals surface area contributed by atoms with Gasteiger partial charge in [0.25, 0.3) is 0 Å². The van der Waals surface area contributed by atoms with Crippen molar-refractivity contribution in [1.29, 1.82) is 0 Å². The van der Waals surface area contributed by atoms with Crippen molar-refractivity contribution in [3.8, 4) is 11.3 Å². The van der Waals surface area contributed by atoms with E-state index in [2.05, 4.69) is 43.2 Å². The lowest BCUT2D eigenvalue weighted by Gasteiger charge is -2.04. The van der Waals surface area contributed by atoms with Gasteiger partial charge in [-0.25, -0.2) is 0 Å². The predicted molar refractivity (Wildman–Crippen MR) is 66.0 cm³/mol. The maximum atomic E-state index is 5.66. The van der Waals surface area contributed by atoms with Crippen molar-refractivity contribution in [3.63, 3.8) is 0 Å². The molecule has 0 aliphatic carbocycles. The normalized spacial score (nSPS) is 10.8. The average molecular weight is 215 g/mol. The molecule has 3 nitrogen and oxygen atoms in total. The van der Waals surface area contributed by atoms with Crippen molar-refractivity contribution in [2.45, 2.75) is 20.4 Å². The van der Waals surface area contributed by atoms with Gasteiger partial charge in [0, 0.05) is 19.2 Å². The highest BCUT2D eigenvalue weighted by molar-refractivity contribution is 5.64. The van der Waals surface area contributed by atoms with Gasteiger partial charge in [0.05, 0.1) is 11.4 Å². The zero-order valence-corrected chi connectivity index (χ0v) is 9.99. The number of benzene rings is 1. The molecule has 0 spiro atoms. The molecule has 2 aromatic rings. The molecule has 0 bridgehead atoms. The van der Waals surface area contributed by atoms with Crippen LogP contribution in [0.4, 0.5) is 0 Å². The Morgan fingerprint density at radius 2 is 1.81 bits per heavy atom. The molecule has 0 unspecified atom stereocenters. The number of hydrogen-bond donors (Lipinski definition) is 1. The van der Waals surface area contributed by atoms with Crippen LogP contribution < -0.4 is 5.73 Å². The highest BCUT2D eigenvalue weighted by Crippen LogP contribution is 2.25. The summed E-state index contributed by atoms with van der Waals surface area (Å²) in [4.78, 5) is 0. The Morgan fingerprint density at radius 3 is 2.31 bits per heavy atom. The molecule has 0 radical (unpaired) electrons. The SMILES string of the molecule is Cc1ccc(-c2c(C)c(CN)nn2C)cc1. The summed E-state index contributed by atoms with van der Waals surface area (Å²) < 4.78 is 1.90. The quantitative estimate of drug-likeness (QED) is 0.834. The van der Waals surface area contributed by atoms with E-state index >= 15 is 0 Å². The van der Waals surface area contributed by atoms with Crippen LogP contribution in [0.1, 0.15) is 16.8 Å². The second-order valence-electron chi connectivity index (χ2n) is 4.11. The van der Waals surface area contributed by atoms with Crippen LogP contribution >= 0.6 is 0 Å². The summed E-state index contributed by atoms with van der Waals surface area (Å²) in [6.07, 6.45) is 0. The number of hydrogen-bond acceptors (Lipinski definition) is 2. The van der Waals surface area contributed by atoms with Crippen LogP contribution in [0.2, 0.25) is 0 Å². The Balaban J connectivity index is 2.55. The summed E-state index contributed by atoms with van der Waals surface area (Å²) >= 11 is 0. The van der Waals surface area contributed by atoms with Crippen LogP contribution in [0.5, 0.6) is 0 Å². The van der Waals surface area contributed by atoms with E-state index in [0.717, 1.165) is 11.4 Å². The highest BCUT2D eigenvalue weighted by atomic mass is 15.3. The van der Waals surface area contributed by atoms with E-state index in [4.69, 9.17) is 5.73 Å². The molecule has 2 rings (SSSR count). The third kappa shape index (κ3) is 1.74. The molecular weight excluding hydrogens is 198 g/mol. The van der Waals surface area contributed by atoms with E-state index in [-0.39, 0.29) is 0 Å². The van der Waals surface area contributed by atoms with Gasteiger partial charge in [-0.1, -0.05) is 29.8 Å². The largest absolute Gasteiger partial charge is 0.325 e.